The molecule has 0 saturated heterocycles. The summed E-state index contributed by atoms with van der Waals surface area (Å²) >= 11 is 0. The summed E-state index contributed by atoms with van der Waals surface area (Å²) in [6.45, 7) is -0.242. The number of hydrogen-bond acceptors (Lipinski definition) is 4. The van der Waals surface area contributed by atoms with E-state index in [2.05, 4.69) is 4.74 Å². The normalized spacial score (nSPS) is 14.7. The molecule has 0 heterocycles. The van der Waals surface area contributed by atoms with E-state index in [0.717, 1.165) is 31.4 Å². The SMILES string of the molecule is COC(=O)CC(N)(c1ccc(OCCCC(F)(F)F)cc1)C(F)(F)F. The predicted molar refractivity (Wildman–Crippen MR) is 75.8 cm³/mol. The van der Waals surface area contributed by atoms with E-state index < -0.39 is 42.3 Å². The van der Waals surface area contributed by atoms with Gasteiger partial charge in [-0.2, -0.15) is 26.3 Å². The van der Waals surface area contributed by atoms with Gasteiger partial charge in [0.15, 0.2) is 0 Å². The van der Waals surface area contributed by atoms with Gasteiger partial charge in [0.2, 0.25) is 0 Å². The van der Waals surface area contributed by atoms with Crippen LogP contribution in [0.25, 0.3) is 0 Å². The van der Waals surface area contributed by atoms with Gasteiger partial charge in [0.05, 0.1) is 20.1 Å². The summed E-state index contributed by atoms with van der Waals surface area (Å²) in [6.07, 6.45) is -11.6. The van der Waals surface area contributed by atoms with Crippen LogP contribution in [-0.2, 0) is 15.1 Å². The van der Waals surface area contributed by atoms with Gasteiger partial charge in [0.25, 0.3) is 0 Å². The first-order chi connectivity index (χ1) is 11.4. The van der Waals surface area contributed by atoms with Crippen molar-refractivity contribution in [3.05, 3.63) is 29.8 Å². The van der Waals surface area contributed by atoms with E-state index in [4.69, 9.17) is 10.5 Å². The summed E-state index contributed by atoms with van der Waals surface area (Å²) in [5.41, 5.74) is 2.06. The molecule has 0 aliphatic carbocycles. The van der Waals surface area contributed by atoms with Crippen LogP contribution in [0.15, 0.2) is 24.3 Å². The van der Waals surface area contributed by atoms with Crippen molar-refractivity contribution in [2.24, 2.45) is 5.73 Å². The lowest BCUT2D eigenvalue weighted by Gasteiger charge is -2.31. The number of carbonyl (C=O) groups excluding carboxylic acids is 1. The number of esters is 1. The van der Waals surface area contributed by atoms with E-state index in [1.54, 1.807) is 0 Å². The molecule has 142 valence electrons. The second-order valence-electron chi connectivity index (χ2n) is 5.31. The van der Waals surface area contributed by atoms with Crippen molar-refractivity contribution in [1.82, 2.24) is 0 Å². The Labute approximate surface area is 139 Å². The molecule has 1 atom stereocenters. The van der Waals surface area contributed by atoms with Crippen molar-refractivity contribution >= 4 is 5.97 Å². The summed E-state index contributed by atoms with van der Waals surface area (Å²) in [4.78, 5) is 11.3. The first-order valence-electron chi connectivity index (χ1n) is 7.11. The molecule has 1 unspecified atom stereocenters. The van der Waals surface area contributed by atoms with Gasteiger partial charge in [-0.1, -0.05) is 12.1 Å². The van der Waals surface area contributed by atoms with Crippen LogP contribution >= 0.6 is 0 Å². The smallest absolute Gasteiger partial charge is 0.411 e. The molecule has 1 rings (SSSR count). The van der Waals surface area contributed by atoms with Crippen LogP contribution in [0.3, 0.4) is 0 Å². The highest BCUT2D eigenvalue weighted by atomic mass is 19.4. The average molecular weight is 373 g/mol. The molecule has 1 aromatic carbocycles. The highest BCUT2D eigenvalue weighted by Gasteiger charge is 2.54. The molecule has 2 N–H and O–H groups in total. The van der Waals surface area contributed by atoms with Gasteiger partial charge in [0.1, 0.15) is 11.3 Å². The Kier molecular flexibility index (Phi) is 6.69. The molecule has 0 aromatic heterocycles. The fourth-order valence-corrected chi connectivity index (χ4v) is 1.98. The third-order valence-corrected chi connectivity index (χ3v) is 3.40. The van der Waals surface area contributed by atoms with E-state index in [1.165, 1.54) is 0 Å². The Bertz CT molecular complexity index is 570. The van der Waals surface area contributed by atoms with Gasteiger partial charge in [-0.05, 0) is 24.1 Å². The number of benzene rings is 1. The highest BCUT2D eigenvalue weighted by molar-refractivity contribution is 5.71. The monoisotopic (exact) mass is 373 g/mol. The first-order valence-corrected chi connectivity index (χ1v) is 7.11. The van der Waals surface area contributed by atoms with Crippen LogP contribution in [0, 0.1) is 0 Å². The number of ether oxygens (including phenoxy) is 2. The Hall–Kier alpha value is -1.97. The van der Waals surface area contributed by atoms with E-state index in [0.29, 0.717) is 0 Å². The number of halogens is 6. The molecule has 0 aliphatic heterocycles. The van der Waals surface area contributed by atoms with Crippen LogP contribution in [0.4, 0.5) is 26.3 Å². The lowest BCUT2D eigenvalue weighted by molar-refractivity contribution is -0.197. The van der Waals surface area contributed by atoms with Crippen molar-refractivity contribution in [2.75, 3.05) is 13.7 Å². The van der Waals surface area contributed by atoms with Crippen molar-refractivity contribution < 1.29 is 40.6 Å². The largest absolute Gasteiger partial charge is 0.494 e. The Morgan fingerprint density at radius 1 is 1.08 bits per heavy atom. The average Bonchev–Trinajstić information content (AvgIpc) is 2.50. The van der Waals surface area contributed by atoms with Gasteiger partial charge >= 0.3 is 18.3 Å². The molecule has 0 radical (unpaired) electrons. The molecule has 0 bridgehead atoms. The van der Waals surface area contributed by atoms with Crippen LogP contribution < -0.4 is 10.5 Å². The van der Waals surface area contributed by atoms with Gasteiger partial charge in [-0.25, -0.2) is 0 Å². The van der Waals surface area contributed by atoms with Gasteiger partial charge in [-0.3, -0.25) is 4.79 Å². The number of hydrogen-bond donors (Lipinski definition) is 1. The van der Waals surface area contributed by atoms with E-state index >= 15 is 0 Å². The van der Waals surface area contributed by atoms with Crippen molar-refractivity contribution in [2.45, 2.75) is 37.2 Å². The van der Waals surface area contributed by atoms with E-state index in [1.807, 2.05) is 0 Å². The lowest BCUT2D eigenvalue weighted by Crippen LogP contribution is -2.52. The standard InChI is InChI=1S/C15H17F6NO3/c1-24-12(23)9-13(22,15(19,20)21)10-3-5-11(6-4-10)25-8-2-7-14(16,17)18/h3-6H,2,7-9,22H2,1H3. The predicted octanol–water partition coefficient (Wildman–Crippen LogP) is 3.69. The van der Waals surface area contributed by atoms with Crippen molar-refractivity contribution in [1.29, 1.82) is 0 Å². The van der Waals surface area contributed by atoms with E-state index in [-0.39, 0.29) is 18.8 Å². The molecule has 10 heteroatoms. The number of alkyl halides is 6. The van der Waals surface area contributed by atoms with Crippen molar-refractivity contribution in [3.8, 4) is 5.75 Å². The Morgan fingerprint density at radius 3 is 2.08 bits per heavy atom. The minimum Gasteiger partial charge on any atom is -0.494 e. The summed E-state index contributed by atoms with van der Waals surface area (Å²) < 4.78 is 85.1. The number of nitrogens with two attached hydrogens (primary N) is 1. The maximum Gasteiger partial charge on any atom is 0.411 e. The number of carbonyl (C=O) groups is 1. The maximum absolute atomic E-state index is 13.3. The minimum atomic E-state index is -4.92. The second kappa shape index (κ2) is 7.94. The van der Waals surface area contributed by atoms with Crippen LogP contribution in [0.1, 0.15) is 24.8 Å². The van der Waals surface area contributed by atoms with Gasteiger partial charge < -0.3 is 15.2 Å². The molecular formula is C15H17F6NO3. The van der Waals surface area contributed by atoms with Gasteiger partial charge in [0, 0.05) is 6.42 Å². The molecule has 4 nitrogen and oxygen atoms in total. The zero-order valence-corrected chi connectivity index (χ0v) is 13.2. The molecule has 0 saturated carbocycles. The lowest BCUT2D eigenvalue weighted by atomic mass is 9.87. The molecule has 0 spiro atoms. The molecule has 0 amide bonds. The summed E-state index contributed by atoms with van der Waals surface area (Å²) in [6, 6.07) is 4.31. The van der Waals surface area contributed by atoms with Crippen LogP contribution in [-0.4, -0.2) is 32.0 Å². The van der Waals surface area contributed by atoms with E-state index in [9.17, 15) is 31.1 Å². The maximum atomic E-state index is 13.3. The third kappa shape index (κ3) is 6.11. The summed E-state index contributed by atoms with van der Waals surface area (Å²) in [5, 5.41) is 0. The first kappa shape index (κ1) is 21.1. The zero-order valence-electron chi connectivity index (χ0n) is 13.2. The minimum absolute atomic E-state index is 0.0912. The topological polar surface area (TPSA) is 61.5 Å². The zero-order chi connectivity index (χ0) is 19.3. The molecular weight excluding hydrogens is 356 g/mol. The third-order valence-electron chi connectivity index (χ3n) is 3.40. The molecule has 0 fully saturated rings. The Balaban J connectivity index is 2.82. The second-order valence-corrected chi connectivity index (χ2v) is 5.31. The molecule has 1 aromatic rings. The quantitative estimate of drug-likeness (QED) is 0.450. The highest BCUT2D eigenvalue weighted by Crippen LogP contribution is 2.40. The molecule has 25 heavy (non-hydrogen) atoms. The van der Waals surface area contributed by atoms with Gasteiger partial charge in [-0.15, -0.1) is 0 Å². The number of methoxy groups -OCH3 is 1. The molecule has 0 aliphatic rings. The summed E-state index contributed by atoms with van der Waals surface area (Å²) in [5.74, 6) is -1.04. The summed E-state index contributed by atoms with van der Waals surface area (Å²) in [7, 11) is 0.941. The fraction of sp³-hybridized carbons (Fsp3) is 0.533. The Morgan fingerprint density at radius 2 is 1.64 bits per heavy atom. The number of rotatable bonds is 7. The van der Waals surface area contributed by atoms with Crippen molar-refractivity contribution in [3.63, 3.8) is 0 Å². The van der Waals surface area contributed by atoms with Crippen LogP contribution in [0.2, 0.25) is 0 Å². The van der Waals surface area contributed by atoms with Crippen LogP contribution in [0.5, 0.6) is 5.75 Å². The fourth-order valence-electron chi connectivity index (χ4n) is 1.98.